The van der Waals surface area contributed by atoms with Crippen LogP contribution in [0.2, 0.25) is 0 Å². The molecule has 3 aliphatic carbocycles. The zero-order chi connectivity index (χ0) is 21.3. The number of carbonyl (C=O) groups is 2. The van der Waals surface area contributed by atoms with Gasteiger partial charge < -0.3 is 10.6 Å². The molecule has 5 rings (SSSR count). The highest BCUT2D eigenvalue weighted by Gasteiger charge is 2.61. The second-order valence-electron chi connectivity index (χ2n) is 10.7. The van der Waals surface area contributed by atoms with Gasteiger partial charge in [0.2, 0.25) is 5.91 Å². The molecule has 0 saturated heterocycles. The summed E-state index contributed by atoms with van der Waals surface area (Å²) in [6.45, 7) is 4.81. The third kappa shape index (κ3) is 2.74. The highest BCUT2D eigenvalue weighted by Crippen LogP contribution is 2.65. The number of ketones is 1. The van der Waals surface area contributed by atoms with E-state index in [2.05, 4.69) is 19.9 Å². The SMILES string of the molecule is CN1C(=O)C=C[C@]2(C)[C@H]3CC[C@]4(C)[C@@H](C(N)C(=O)c5cccs5)CC[C@H]4[C@@H]3CC[C@@H]12. The Labute approximate surface area is 183 Å². The van der Waals surface area contributed by atoms with Gasteiger partial charge in [0.25, 0.3) is 0 Å². The lowest BCUT2D eigenvalue weighted by molar-refractivity contribution is -0.138. The Hall–Kier alpha value is -1.46. The van der Waals surface area contributed by atoms with Crippen molar-refractivity contribution in [2.24, 2.45) is 40.2 Å². The average molecular weight is 427 g/mol. The van der Waals surface area contributed by atoms with Crippen LogP contribution in [0.25, 0.3) is 0 Å². The third-order valence-corrected chi connectivity index (χ3v) is 10.6. The van der Waals surface area contributed by atoms with Crippen molar-refractivity contribution in [3.05, 3.63) is 34.5 Å². The van der Waals surface area contributed by atoms with Crippen LogP contribution in [-0.2, 0) is 4.79 Å². The van der Waals surface area contributed by atoms with Gasteiger partial charge in [-0.2, -0.15) is 0 Å². The summed E-state index contributed by atoms with van der Waals surface area (Å²) in [5.74, 6) is 2.47. The number of fused-ring (bicyclic) bond motifs is 5. The Morgan fingerprint density at radius 3 is 2.73 bits per heavy atom. The summed E-state index contributed by atoms with van der Waals surface area (Å²) in [4.78, 5) is 28.1. The lowest BCUT2D eigenvalue weighted by atomic mass is 9.47. The zero-order valence-corrected chi connectivity index (χ0v) is 19.2. The summed E-state index contributed by atoms with van der Waals surface area (Å²) in [7, 11) is 1.98. The number of nitrogens with two attached hydrogens (primary N) is 1. The van der Waals surface area contributed by atoms with E-state index in [-0.39, 0.29) is 34.5 Å². The summed E-state index contributed by atoms with van der Waals surface area (Å²) >= 11 is 1.51. The van der Waals surface area contributed by atoms with Crippen LogP contribution in [-0.4, -0.2) is 35.7 Å². The van der Waals surface area contributed by atoms with E-state index in [0.717, 1.165) is 24.1 Å². The smallest absolute Gasteiger partial charge is 0.246 e. The second-order valence-corrected chi connectivity index (χ2v) is 11.7. The Balaban J connectivity index is 1.41. The highest BCUT2D eigenvalue weighted by atomic mass is 32.1. The first-order chi connectivity index (χ1) is 14.3. The maximum absolute atomic E-state index is 13.0. The van der Waals surface area contributed by atoms with Crippen molar-refractivity contribution >= 4 is 23.0 Å². The average Bonchev–Trinajstić information content (AvgIpc) is 3.37. The molecule has 2 N–H and O–H groups in total. The summed E-state index contributed by atoms with van der Waals surface area (Å²) in [5.41, 5.74) is 6.86. The Kier molecular flexibility index (Phi) is 4.79. The molecule has 1 unspecified atom stereocenters. The first kappa shape index (κ1) is 20.4. The fourth-order valence-corrected chi connectivity index (χ4v) is 8.85. The molecule has 3 fully saturated rings. The first-order valence-corrected chi connectivity index (χ1v) is 12.4. The number of Topliss-reactive ketones (excluding diaryl/α,β-unsaturated/α-hetero) is 1. The summed E-state index contributed by atoms with van der Waals surface area (Å²) < 4.78 is 0. The molecule has 0 spiro atoms. The normalized spacial score (nSPS) is 43.7. The molecule has 1 amide bonds. The molecule has 0 bridgehead atoms. The largest absolute Gasteiger partial charge is 0.338 e. The molecular formula is C25H34N2O2S. The predicted molar refractivity (Wildman–Crippen MR) is 120 cm³/mol. The number of nitrogens with zero attached hydrogens (tertiary/aromatic N) is 1. The molecule has 3 saturated carbocycles. The van der Waals surface area contributed by atoms with Crippen LogP contribution in [0.1, 0.15) is 62.0 Å². The van der Waals surface area contributed by atoms with E-state index in [1.54, 1.807) is 6.08 Å². The number of thiophene rings is 1. The van der Waals surface area contributed by atoms with Crippen molar-refractivity contribution < 1.29 is 9.59 Å². The van der Waals surface area contributed by atoms with Gasteiger partial charge in [0.15, 0.2) is 5.78 Å². The molecular weight excluding hydrogens is 392 g/mol. The van der Waals surface area contributed by atoms with E-state index in [4.69, 9.17) is 5.73 Å². The molecule has 4 aliphatic rings. The van der Waals surface area contributed by atoms with Crippen LogP contribution >= 0.6 is 11.3 Å². The Morgan fingerprint density at radius 2 is 2.00 bits per heavy atom. The molecule has 0 aromatic carbocycles. The molecule has 8 atom stereocenters. The van der Waals surface area contributed by atoms with Crippen molar-refractivity contribution in [1.29, 1.82) is 0 Å². The first-order valence-electron chi connectivity index (χ1n) is 11.6. The third-order valence-electron chi connectivity index (χ3n) is 9.70. The summed E-state index contributed by atoms with van der Waals surface area (Å²) in [5, 5.41) is 1.96. The molecule has 162 valence electrons. The number of amides is 1. The van der Waals surface area contributed by atoms with Gasteiger partial charge >= 0.3 is 0 Å². The topological polar surface area (TPSA) is 63.4 Å². The number of carbonyl (C=O) groups excluding carboxylic acids is 2. The van der Waals surface area contributed by atoms with Crippen LogP contribution < -0.4 is 5.73 Å². The van der Waals surface area contributed by atoms with Gasteiger partial charge in [-0.05, 0) is 85.1 Å². The van der Waals surface area contributed by atoms with Gasteiger partial charge in [0, 0.05) is 18.5 Å². The maximum Gasteiger partial charge on any atom is 0.246 e. The Bertz CT molecular complexity index is 880. The molecule has 1 aliphatic heterocycles. The maximum atomic E-state index is 13.0. The number of likely N-dealkylation sites (N-methyl/N-ethyl adjacent to an activating group) is 1. The lowest BCUT2D eigenvalue weighted by Gasteiger charge is -2.60. The molecule has 1 aromatic heterocycles. The Morgan fingerprint density at radius 1 is 1.20 bits per heavy atom. The van der Waals surface area contributed by atoms with Gasteiger partial charge in [-0.1, -0.05) is 26.0 Å². The highest BCUT2D eigenvalue weighted by molar-refractivity contribution is 7.12. The molecule has 1 aromatic rings. The minimum absolute atomic E-state index is 0.0693. The van der Waals surface area contributed by atoms with Crippen molar-refractivity contribution in [2.45, 2.75) is 64.5 Å². The van der Waals surface area contributed by atoms with Crippen molar-refractivity contribution in [3.8, 4) is 0 Å². The molecule has 2 heterocycles. The van der Waals surface area contributed by atoms with Crippen molar-refractivity contribution in [3.63, 3.8) is 0 Å². The summed E-state index contributed by atoms with van der Waals surface area (Å²) in [6, 6.07) is 3.78. The molecule has 4 nitrogen and oxygen atoms in total. The van der Waals surface area contributed by atoms with Crippen LogP contribution in [0.15, 0.2) is 29.7 Å². The lowest BCUT2D eigenvalue weighted by Crippen LogP contribution is -2.60. The van der Waals surface area contributed by atoms with Gasteiger partial charge in [-0.15, -0.1) is 11.3 Å². The zero-order valence-electron chi connectivity index (χ0n) is 18.3. The van der Waals surface area contributed by atoms with Crippen LogP contribution in [0.4, 0.5) is 0 Å². The van der Waals surface area contributed by atoms with E-state index < -0.39 is 0 Å². The monoisotopic (exact) mass is 426 g/mol. The van der Waals surface area contributed by atoms with E-state index in [9.17, 15) is 9.59 Å². The fourth-order valence-electron chi connectivity index (χ4n) is 8.13. The second kappa shape index (κ2) is 7.03. The predicted octanol–water partition coefficient (Wildman–Crippen LogP) is 4.51. The number of rotatable bonds is 3. The minimum atomic E-state index is -0.388. The van der Waals surface area contributed by atoms with E-state index in [0.29, 0.717) is 23.8 Å². The number of hydrogen-bond acceptors (Lipinski definition) is 4. The van der Waals surface area contributed by atoms with Crippen LogP contribution in [0, 0.1) is 34.5 Å². The van der Waals surface area contributed by atoms with E-state index in [1.165, 1.54) is 30.6 Å². The van der Waals surface area contributed by atoms with Crippen molar-refractivity contribution in [1.82, 2.24) is 4.90 Å². The fraction of sp³-hybridized carbons (Fsp3) is 0.680. The molecule has 30 heavy (non-hydrogen) atoms. The minimum Gasteiger partial charge on any atom is -0.338 e. The van der Waals surface area contributed by atoms with Gasteiger partial charge in [-0.3, -0.25) is 9.59 Å². The van der Waals surface area contributed by atoms with Crippen molar-refractivity contribution in [2.75, 3.05) is 7.05 Å². The van der Waals surface area contributed by atoms with Gasteiger partial charge in [0.1, 0.15) is 0 Å². The standard InChI is InChI=1S/C25H34N2O2S/c1-24-12-10-17-15(6-9-20-25(17,2)13-11-21(28)27(20)3)16(24)7-8-18(24)22(26)23(29)19-5-4-14-30-19/h4-5,11,13-18,20,22H,6-10,12,26H2,1-3H3/t15-,16-,17-,18+,20+,22?,24-,25+/m0/s1. The molecule has 0 radical (unpaired) electrons. The summed E-state index contributed by atoms with van der Waals surface area (Å²) in [6.07, 6.45) is 10.9. The quantitative estimate of drug-likeness (QED) is 0.723. The van der Waals surface area contributed by atoms with E-state index in [1.807, 2.05) is 29.5 Å². The molecule has 5 heteroatoms. The number of hydrogen-bond donors (Lipinski definition) is 1. The van der Waals surface area contributed by atoms with Gasteiger partial charge in [0.05, 0.1) is 10.9 Å². The van der Waals surface area contributed by atoms with Gasteiger partial charge in [-0.25, -0.2) is 0 Å². The van der Waals surface area contributed by atoms with Crippen LogP contribution in [0.5, 0.6) is 0 Å². The van der Waals surface area contributed by atoms with E-state index >= 15 is 0 Å². The van der Waals surface area contributed by atoms with Crippen LogP contribution in [0.3, 0.4) is 0 Å².